The lowest BCUT2D eigenvalue weighted by Crippen LogP contribution is -2.11. The number of hydrogen-bond acceptors (Lipinski definition) is 4. The average Bonchev–Trinajstić information content (AvgIpc) is 2.50. The third-order valence-corrected chi connectivity index (χ3v) is 3.13. The minimum Gasteiger partial charge on any atom is -0.481 e. The Balaban J connectivity index is 1.90. The Labute approximate surface area is 139 Å². The van der Waals surface area contributed by atoms with E-state index in [0.29, 0.717) is 17.0 Å². The van der Waals surface area contributed by atoms with Crippen LogP contribution in [-0.2, 0) is 27.2 Å². The van der Waals surface area contributed by atoms with Crippen LogP contribution in [0, 0.1) is 0 Å². The van der Waals surface area contributed by atoms with Crippen LogP contribution >= 0.6 is 0 Å². The molecule has 0 atom stereocenters. The molecule has 0 aromatic heterocycles. The summed E-state index contributed by atoms with van der Waals surface area (Å²) in [5.41, 5.74) is 2.06. The number of hydrogen-bond donors (Lipinski definition) is 2. The number of amides is 1. The lowest BCUT2D eigenvalue weighted by Gasteiger charge is -2.06. The largest absolute Gasteiger partial charge is 0.481 e. The summed E-state index contributed by atoms with van der Waals surface area (Å²) in [6.45, 7) is 1.42. The van der Waals surface area contributed by atoms with Crippen LogP contribution in [0.2, 0.25) is 0 Å². The number of carboxylic acid groups (broad SMARTS) is 1. The van der Waals surface area contributed by atoms with Gasteiger partial charge in [0.25, 0.3) is 0 Å². The molecule has 0 spiro atoms. The van der Waals surface area contributed by atoms with Crippen molar-refractivity contribution in [2.75, 3.05) is 5.32 Å². The van der Waals surface area contributed by atoms with Gasteiger partial charge in [-0.1, -0.05) is 24.3 Å². The molecule has 0 aliphatic carbocycles. The van der Waals surface area contributed by atoms with E-state index in [0.717, 1.165) is 5.56 Å². The van der Waals surface area contributed by atoms with Crippen LogP contribution in [0.3, 0.4) is 0 Å². The number of carbonyl (C=O) groups excluding carboxylic acids is 2. The van der Waals surface area contributed by atoms with Crippen LogP contribution in [0.25, 0.3) is 0 Å². The molecular weight excluding hydrogens is 310 g/mol. The first-order chi connectivity index (χ1) is 11.4. The number of aliphatic carboxylic acids is 1. The first kappa shape index (κ1) is 17.2. The zero-order valence-corrected chi connectivity index (χ0v) is 13.1. The highest BCUT2D eigenvalue weighted by atomic mass is 16.5. The third kappa shape index (κ3) is 5.57. The molecule has 0 bridgehead atoms. The molecule has 0 saturated carbocycles. The fourth-order valence-corrected chi connectivity index (χ4v) is 2.09. The number of anilines is 1. The van der Waals surface area contributed by atoms with Gasteiger partial charge in [0.2, 0.25) is 5.91 Å². The maximum absolute atomic E-state index is 11.9. The Kier molecular flexibility index (Phi) is 5.68. The lowest BCUT2D eigenvalue weighted by molar-refractivity contribution is -0.136. The van der Waals surface area contributed by atoms with E-state index < -0.39 is 11.9 Å². The maximum atomic E-state index is 11.9. The van der Waals surface area contributed by atoms with Crippen LogP contribution in [0.15, 0.2) is 48.5 Å². The van der Waals surface area contributed by atoms with Gasteiger partial charge in [-0.25, -0.2) is 0 Å². The van der Waals surface area contributed by atoms with Crippen molar-refractivity contribution in [1.29, 1.82) is 0 Å². The topological polar surface area (TPSA) is 92.7 Å². The molecule has 0 aliphatic rings. The van der Waals surface area contributed by atoms with Crippen LogP contribution in [-0.4, -0.2) is 23.0 Å². The normalized spacial score (nSPS) is 10.0. The van der Waals surface area contributed by atoms with Crippen molar-refractivity contribution in [2.45, 2.75) is 19.8 Å². The zero-order chi connectivity index (χ0) is 17.5. The van der Waals surface area contributed by atoms with Crippen molar-refractivity contribution >= 4 is 23.5 Å². The number of carboxylic acids is 1. The Morgan fingerprint density at radius 1 is 0.917 bits per heavy atom. The standard InChI is InChI=1S/C18H17NO5/c1-12(20)19-15-6-2-14(3-7-15)11-18(23)24-16-8-4-13(5-9-16)10-17(21)22/h2-9H,10-11H2,1H3,(H,19,20)(H,21,22). The maximum Gasteiger partial charge on any atom is 0.315 e. The molecule has 24 heavy (non-hydrogen) atoms. The van der Waals surface area contributed by atoms with Crippen LogP contribution < -0.4 is 10.1 Å². The zero-order valence-electron chi connectivity index (χ0n) is 13.1. The van der Waals surface area contributed by atoms with Crippen molar-refractivity contribution in [3.63, 3.8) is 0 Å². The highest BCUT2D eigenvalue weighted by molar-refractivity contribution is 5.88. The van der Waals surface area contributed by atoms with Gasteiger partial charge in [0.15, 0.2) is 0 Å². The first-order valence-electron chi connectivity index (χ1n) is 7.30. The third-order valence-electron chi connectivity index (χ3n) is 3.13. The second kappa shape index (κ2) is 7.92. The van der Waals surface area contributed by atoms with E-state index in [1.165, 1.54) is 6.92 Å². The van der Waals surface area contributed by atoms with Crippen molar-refractivity contribution < 1.29 is 24.2 Å². The fourth-order valence-electron chi connectivity index (χ4n) is 2.09. The van der Waals surface area contributed by atoms with Gasteiger partial charge in [0.1, 0.15) is 5.75 Å². The molecule has 2 aromatic carbocycles. The Bertz CT molecular complexity index is 672. The molecule has 6 nitrogen and oxygen atoms in total. The van der Waals surface area contributed by atoms with Gasteiger partial charge < -0.3 is 15.2 Å². The van der Waals surface area contributed by atoms with Gasteiger partial charge in [-0.2, -0.15) is 0 Å². The van der Waals surface area contributed by atoms with Crippen LogP contribution in [0.5, 0.6) is 5.75 Å². The Morgan fingerprint density at radius 2 is 1.46 bits per heavy atom. The van der Waals surface area contributed by atoms with E-state index in [1.54, 1.807) is 48.5 Å². The second-order valence-electron chi connectivity index (χ2n) is 5.24. The Morgan fingerprint density at radius 3 is 2.00 bits per heavy atom. The predicted molar refractivity (Wildman–Crippen MR) is 87.9 cm³/mol. The fraction of sp³-hybridized carbons (Fsp3) is 0.167. The molecule has 0 aliphatic heterocycles. The summed E-state index contributed by atoms with van der Waals surface area (Å²) in [6, 6.07) is 13.3. The summed E-state index contributed by atoms with van der Waals surface area (Å²) in [4.78, 5) is 33.5. The molecule has 2 aromatic rings. The molecule has 2 N–H and O–H groups in total. The molecule has 6 heteroatoms. The predicted octanol–water partition coefficient (Wildman–Crippen LogP) is 2.42. The van der Waals surface area contributed by atoms with Crippen LogP contribution in [0.4, 0.5) is 5.69 Å². The van der Waals surface area contributed by atoms with Gasteiger partial charge in [-0.15, -0.1) is 0 Å². The van der Waals surface area contributed by atoms with Gasteiger partial charge >= 0.3 is 11.9 Å². The number of ether oxygens (including phenoxy) is 1. The molecule has 0 fully saturated rings. The number of esters is 1. The van der Waals surface area contributed by atoms with Crippen LogP contribution in [0.1, 0.15) is 18.1 Å². The lowest BCUT2D eigenvalue weighted by atomic mass is 10.1. The van der Waals surface area contributed by atoms with Crippen molar-refractivity contribution in [3.05, 3.63) is 59.7 Å². The van der Waals surface area contributed by atoms with E-state index in [4.69, 9.17) is 9.84 Å². The average molecular weight is 327 g/mol. The molecule has 2 rings (SSSR count). The molecule has 0 radical (unpaired) electrons. The van der Waals surface area contributed by atoms with Gasteiger partial charge in [0, 0.05) is 12.6 Å². The summed E-state index contributed by atoms with van der Waals surface area (Å²) in [5, 5.41) is 11.4. The van der Waals surface area contributed by atoms with Gasteiger partial charge in [0.05, 0.1) is 12.8 Å². The quantitative estimate of drug-likeness (QED) is 0.628. The van der Waals surface area contributed by atoms with E-state index in [2.05, 4.69) is 5.32 Å². The molecule has 124 valence electrons. The second-order valence-corrected chi connectivity index (χ2v) is 5.24. The summed E-state index contributed by atoms with van der Waals surface area (Å²) in [7, 11) is 0. The molecule has 0 saturated heterocycles. The minimum atomic E-state index is -0.914. The minimum absolute atomic E-state index is 0.0745. The molecule has 0 heterocycles. The SMILES string of the molecule is CC(=O)Nc1ccc(CC(=O)Oc2ccc(CC(=O)O)cc2)cc1. The number of nitrogens with one attached hydrogen (secondary N) is 1. The van der Waals surface area contributed by atoms with E-state index in [9.17, 15) is 14.4 Å². The summed E-state index contributed by atoms with van der Waals surface area (Å²) in [6.07, 6.45) is 0.0199. The van der Waals surface area contributed by atoms with E-state index in [-0.39, 0.29) is 18.7 Å². The number of rotatable bonds is 6. The van der Waals surface area contributed by atoms with Gasteiger partial charge in [-0.3, -0.25) is 14.4 Å². The monoisotopic (exact) mass is 327 g/mol. The highest BCUT2D eigenvalue weighted by Gasteiger charge is 2.08. The van der Waals surface area contributed by atoms with Crippen molar-refractivity contribution in [3.8, 4) is 5.75 Å². The first-order valence-corrected chi connectivity index (χ1v) is 7.30. The Hall–Kier alpha value is -3.15. The van der Waals surface area contributed by atoms with Gasteiger partial charge in [-0.05, 0) is 35.4 Å². The van der Waals surface area contributed by atoms with E-state index >= 15 is 0 Å². The number of benzene rings is 2. The molecular formula is C18H17NO5. The van der Waals surface area contributed by atoms with Crippen molar-refractivity contribution in [1.82, 2.24) is 0 Å². The summed E-state index contributed by atoms with van der Waals surface area (Å²) in [5.74, 6) is -1.13. The number of carbonyl (C=O) groups is 3. The smallest absolute Gasteiger partial charge is 0.315 e. The molecule has 0 unspecified atom stereocenters. The highest BCUT2D eigenvalue weighted by Crippen LogP contribution is 2.15. The summed E-state index contributed by atoms with van der Waals surface area (Å²) < 4.78 is 5.22. The van der Waals surface area contributed by atoms with Crippen molar-refractivity contribution in [2.24, 2.45) is 0 Å². The summed E-state index contributed by atoms with van der Waals surface area (Å²) >= 11 is 0. The van der Waals surface area contributed by atoms with E-state index in [1.807, 2.05) is 0 Å². The molecule has 1 amide bonds.